The number of halogens is 1. The highest BCUT2D eigenvalue weighted by atomic mass is 35.5. The highest BCUT2D eigenvalue weighted by molar-refractivity contribution is 5.87. The van der Waals surface area contributed by atoms with E-state index < -0.39 is 11.9 Å². The van der Waals surface area contributed by atoms with Gasteiger partial charge < -0.3 is 16.4 Å². The average molecular weight is 266 g/mol. The highest BCUT2D eigenvalue weighted by Crippen LogP contribution is 2.10. The van der Waals surface area contributed by atoms with Crippen LogP contribution >= 0.6 is 12.4 Å². The van der Waals surface area contributed by atoms with Gasteiger partial charge in [-0.05, 0) is 19.8 Å². The Hall–Kier alpha value is -0.810. The van der Waals surface area contributed by atoms with E-state index >= 15 is 0 Å². The van der Waals surface area contributed by atoms with E-state index in [0.29, 0.717) is 0 Å². The summed E-state index contributed by atoms with van der Waals surface area (Å²) in [5, 5.41) is 0. The van der Waals surface area contributed by atoms with Gasteiger partial charge in [-0.15, -0.1) is 12.4 Å². The summed E-state index contributed by atoms with van der Waals surface area (Å²) in [5.41, 5.74) is 10.9. The molecular weight excluding hydrogens is 242 g/mol. The fourth-order valence-corrected chi connectivity index (χ4v) is 1.37. The van der Waals surface area contributed by atoms with E-state index in [1.807, 2.05) is 27.7 Å². The second-order valence-corrected chi connectivity index (χ2v) is 4.44. The summed E-state index contributed by atoms with van der Waals surface area (Å²) < 4.78 is 0. The number of hydrogen-bond acceptors (Lipinski definition) is 3. The summed E-state index contributed by atoms with van der Waals surface area (Å²) in [5.74, 6) is -0.622. The van der Waals surface area contributed by atoms with Gasteiger partial charge in [0.2, 0.25) is 11.8 Å². The molecule has 17 heavy (non-hydrogen) atoms. The molecule has 2 amide bonds. The quantitative estimate of drug-likeness (QED) is 0.733. The first kappa shape index (κ1) is 18.6. The van der Waals surface area contributed by atoms with E-state index in [2.05, 4.69) is 0 Å². The number of amides is 2. The average Bonchev–Trinajstić information content (AvgIpc) is 2.22. The predicted octanol–water partition coefficient (Wildman–Crippen LogP) is 0.504. The molecule has 0 bridgehead atoms. The van der Waals surface area contributed by atoms with Crippen molar-refractivity contribution in [3.8, 4) is 0 Å². The zero-order valence-electron chi connectivity index (χ0n) is 11.0. The van der Waals surface area contributed by atoms with Gasteiger partial charge in [0, 0.05) is 6.04 Å². The fourth-order valence-electron chi connectivity index (χ4n) is 1.37. The monoisotopic (exact) mass is 265 g/mol. The van der Waals surface area contributed by atoms with Crippen LogP contribution in [0, 0.1) is 5.92 Å². The molecule has 0 aliphatic carbocycles. The Balaban J connectivity index is 0. The van der Waals surface area contributed by atoms with Gasteiger partial charge in [0.25, 0.3) is 0 Å². The number of carbonyl (C=O) groups excluding carboxylic acids is 2. The molecule has 0 saturated carbocycles. The van der Waals surface area contributed by atoms with Gasteiger partial charge in [0.15, 0.2) is 0 Å². The third kappa shape index (κ3) is 5.89. The van der Waals surface area contributed by atoms with Crippen molar-refractivity contribution < 1.29 is 9.59 Å². The molecule has 0 saturated heterocycles. The number of rotatable bonds is 6. The van der Waals surface area contributed by atoms with Crippen molar-refractivity contribution in [2.45, 2.75) is 46.2 Å². The van der Waals surface area contributed by atoms with E-state index in [4.69, 9.17) is 11.5 Å². The maximum atomic E-state index is 12.0. The number of primary amides is 1. The van der Waals surface area contributed by atoms with Crippen molar-refractivity contribution in [3.05, 3.63) is 0 Å². The molecule has 0 fully saturated rings. The predicted molar refractivity (Wildman–Crippen MR) is 70.7 cm³/mol. The van der Waals surface area contributed by atoms with Crippen LogP contribution in [-0.2, 0) is 9.59 Å². The van der Waals surface area contributed by atoms with Gasteiger partial charge in [0.1, 0.15) is 0 Å². The van der Waals surface area contributed by atoms with Gasteiger partial charge in [-0.1, -0.05) is 20.3 Å². The summed E-state index contributed by atoms with van der Waals surface area (Å²) in [4.78, 5) is 24.3. The van der Waals surface area contributed by atoms with Gasteiger partial charge in [-0.3, -0.25) is 9.59 Å². The maximum absolute atomic E-state index is 12.0. The lowest BCUT2D eigenvalue weighted by molar-refractivity contribution is -0.139. The Kier molecular flexibility index (Phi) is 9.06. The van der Waals surface area contributed by atoms with E-state index in [1.165, 1.54) is 4.90 Å². The summed E-state index contributed by atoms with van der Waals surface area (Å²) in [7, 11) is 0. The second kappa shape index (κ2) is 8.31. The van der Waals surface area contributed by atoms with E-state index in [0.717, 1.165) is 6.42 Å². The van der Waals surface area contributed by atoms with E-state index in [-0.39, 0.29) is 36.8 Å². The zero-order chi connectivity index (χ0) is 12.9. The van der Waals surface area contributed by atoms with Crippen molar-refractivity contribution in [2.75, 3.05) is 6.54 Å². The molecule has 4 N–H and O–H groups in total. The van der Waals surface area contributed by atoms with Crippen molar-refractivity contribution in [2.24, 2.45) is 17.4 Å². The van der Waals surface area contributed by atoms with Crippen LogP contribution in [0.5, 0.6) is 0 Å². The number of carbonyl (C=O) groups is 2. The molecule has 6 heteroatoms. The second-order valence-electron chi connectivity index (χ2n) is 4.44. The SMILES string of the molecule is CCC(C)C(N)C(=O)N(CC(N)=O)C(C)C.Cl. The van der Waals surface area contributed by atoms with Crippen LogP contribution in [0.1, 0.15) is 34.1 Å². The van der Waals surface area contributed by atoms with Crippen LogP contribution in [0.15, 0.2) is 0 Å². The minimum Gasteiger partial charge on any atom is -0.368 e. The standard InChI is InChI=1S/C11H23N3O2.ClH/c1-5-8(4)10(13)11(16)14(7(2)3)6-9(12)15;/h7-8,10H,5-6,13H2,1-4H3,(H2,12,15);1H. The van der Waals surface area contributed by atoms with Crippen LogP contribution < -0.4 is 11.5 Å². The minimum atomic E-state index is -0.563. The molecule has 0 radical (unpaired) electrons. The van der Waals surface area contributed by atoms with Crippen LogP contribution in [0.4, 0.5) is 0 Å². The minimum absolute atomic E-state index is 0. The lowest BCUT2D eigenvalue weighted by Gasteiger charge is -2.30. The molecule has 0 spiro atoms. The van der Waals surface area contributed by atoms with Crippen LogP contribution in [0.2, 0.25) is 0 Å². The Morgan fingerprint density at radius 2 is 1.71 bits per heavy atom. The largest absolute Gasteiger partial charge is 0.368 e. The molecule has 0 rings (SSSR count). The third-order valence-electron chi connectivity index (χ3n) is 2.77. The lowest BCUT2D eigenvalue weighted by atomic mass is 9.98. The molecule has 102 valence electrons. The molecule has 0 aromatic carbocycles. The molecule has 0 aromatic rings. The molecule has 0 heterocycles. The van der Waals surface area contributed by atoms with Crippen LogP contribution in [0.25, 0.3) is 0 Å². The fraction of sp³-hybridized carbons (Fsp3) is 0.818. The Morgan fingerprint density at radius 3 is 2.00 bits per heavy atom. The first-order valence-electron chi connectivity index (χ1n) is 5.65. The van der Waals surface area contributed by atoms with Gasteiger partial charge in [-0.2, -0.15) is 0 Å². The van der Waals surface area contributed by atoms with Crippen molar-refractivity contribution in [3.63, 3.8) is 0 Å². The molecule has 2 unspecified atom stereocenters. The Bertz CT molecular complexity index is 259. The molecule has 5 nitrogen and oxygen atoms in total. The van der Waals surface area contributed by atoms with Crippen LogP contribution in [0.3, 0.4) is 0 Å². The van der Waals surface area contributed by atoms with Crippen molar-refractivity contribution in [1.82, 2.24) is 4.90 Å². The van der Waals surface area contributed by atoms with Crippen molar-refractivity contribution >= 4 is 24.2 Å². The number of hydrogen-bond donors (Lipinski definition) is 2. The van der Waals surface area contributed by atoms with E-state index in [1.54, 1.807) is 0 Å². The maximum Gasteiger partial charge on any atom is 0.240 e. The van der Waals surface area contributed by atoms with Gasteiger partial charge in [-0.25, -0.2) is 0 Å². The normalized spacial score (nSPS) is 13.8. The number of nitrogens with zero attached hydrogens (tertiary/aromatic N) is 1. The topological polar surface area (TPSA) is 89.4 Å². The Labute approximate surface area is 109 Å². The van der Waals surface area contributed by atoms with E-state index in [9.17, 15) is 9.59 Å². The first-order chi connectivity index (χ1) is 7.31. The molecule has 2 atom stereocenters. The molecule has 0 aliphatic heterocycles. The first-order valence-corrected chi connectivity index (χ1v) is 5.65. The third-order valence-corrected chi connectivity index (χ3v) is 2.77. The Morgan fingerprint density at radius 1 is 1.24 bits per heavy atom. The summed E-state index contributed by atoms with van der Waals surface area (Å²) in [6, 6.07) is -0.637. The zero-order valence-corrected chi connectivity index (χ0v) is 11.8. The van der Waals surface area contributed by atoms with Gasteiger partial charge in [0.05, 0.1) is 12.6 Å². The van der Waals surface area contributed by atoms with Crippen LogP contribution in [-0.4, -0.2) is 35.3 Å². The summed E-state index contributed by atoms with van der Waals surface area (Å²) in [6.45, 7) is 7.51. The molecule has 0 aliphatic rings. The summed E-state index contributed by atoms with van der Waals surface area (Å²) >= 11 is 0. The van der Waals surface area contributed by atoms with Crippen molar-refractivity contribution in [1.29, 1.82) is 0 Å². The summed E-state index contributed by atoms with van der Waals surface area (Å²) in [6.07, 6.45) is 0.829. The molecular formula is C11H24ClN3O2. The highest BCUT2D eigenvalue weighted by Gasteiger charge is 2.27. The van der Waals surface area contributed by atoms with Gasteiger partial charge >= 0.3 is 0 Å². The number of nitrogens with two attached hydrogens (primary N) is 2. The molecule has 0 aromatic heterocycles. The lowest BCUT2D eigenvalue weighted by Crippen LogP contribution is -2.52. The smallest absolute Gasteiger partial charge is 0.240 e.